The third-order valence-corrected chi connectivity index (χ3v) is 8.71. The van der Waals surface area contributed by atoms with Crippen LogP contribution in [-0.4, -0.2) is 14.8 Å². The van der Waals surface area contributed by atoms with Crippen molar-refractivity contribution in [3.05, 3.63) is 61.5 Å². The molecule has 1 aliphatic rings. The van der Waals surface area contributed by atoms with Crippen molar-refractivity contribution in [2.24, 2.45) is 7.05 Å². The van der Waals surface area contributed by atoms with Crippen LogP contribution in [0.1, 0.15) is 47.5 Å². The van der Waals surface area contributed by atoms with Crippen molar-refractivity contribution in [1.82, 2.24) is 14.8 Å². The highest BCUT2D eigenvalue weighted by Gasteiger charge is 2.44. The largest absolute Gasteiger partial charge is 0.308 e. The topological polar surface area (TPSA) is 30.7 Å². The van der Waals surface area contributed by atoms with Crippen molar-refractivity contribution < 1.29 is 0 Å². The molecule has 0 aliphatic heterocycles. The monoisotopic (exact) mass is 473 g/mol. The molecule has 0 radical (unpaired) electrons. The first kappa shape index (κ1) is 22.0. The second-order valence-corrected chi connectivity index (χ2v) is 9.70. The summed E-state index contributed by atoms with van der Waals surface area (Å²) >= 11 is 16.4. The second kappa shape index (κ2) is 8.97. The van der Waals surface area contributed by atoms with Gasteiger partial charge < -0.3 is 4.57 Å². The van der Waals surface area contributed by atoms with Gasteiger partial charge in [-0.15, -0.1) is 33.9 Å². The molecule has 3 nitrogen and oxygen atoms in total. The molecule has 0 atom stereocenters. The normalized spacial score (nSPS) is 15.6. The molecule has 1 aromatic carbocycles. The van der Waals surface area contributed by atoms with Gasteiger partial charge in [0.05, 0.1) is 10.4 Å². The molecule has 150 valence electrons. The van der Waals surface area contributed by atoms with E-state index in [1.165, 1.54) is 17.7 Å². The fourth-order valence-corrected chi connectivity index (χ4v) is 6.73. The molecular weight excluding hydrogens is 453 g/mol. The summed E-state index contributed by atoms with van der Waals surface area (Å²) in [6, 6.07) is 7.94. The Morgan fingerprint density at radius 1 is 1.18 bits per heavy atom. The number of aryl methyl sites for hydroxylation is 1. The fraction of sp³-hybridized carbons (Fsp3) is 0.400. The summed E-state index contributed by atoms with van der Waals surface area (Å²) in [4.78, 5) is 1.25. The molecule has 2 heterocycles. The van der Waals surface area contributed by atoms with Crippen LogP contribution in [0.25, 0.3) is 0 Å². The number of hydrogen-bond donors (Lipinski definition) is 0. The molecule has 4 rings (SSSR count). The van der Waals surface area contributed by atoms with Gasteiger partial charge in [0.2, 0.25) is 0 Å². The number of hydrogen-bond acceptors (Lipinski definition) is 4. The molecule has 8 heteroatoms. The molecule has 1 saturated carbocycles. The van der Waals surface area contributed by atoms with Crippen molar-refractivity contribution in [2.75, 3.05) is 0 Å². The smallest absolute Gasteiger partial charge is 0.191 e. The zero-order chi connectivity index (χ0) is 19.0. The summed E-state index contributed by atoms with van der Waals surface area (Å²) < 4.78 is 2.15. The van der Waals surface area contributed by atoms with Crippen LogP contribution < -0.4 is 0 Å². The molecule has 0 amide bonds. The van der Waals surface area contributed by atoms with E-state index in [1.807, 2.05) is 18.2 Å². The first-order chi connectivity index (χ1) is 13.0. The Balaban J connectivity index is 0.00000225. The number of aromatic nitrogens is 3. The molecule has 1 fully saturated rings. The first-order valence-corrected chi connectivity index (χ1v) is 11.7. The van der Waals surface area contributed by atoms with Crippen molar-refractivity contribution >= 4 is 58.7 Å². The lowest BCUT2D eigenvalue weighted by Crippen LogP contribution is -2.27. The Morgan fingerprint density at radius 2 is 1.89 bits per heavy atom. The maximum Gasteiger partial charge on any atom is 0.191 e. The van der Waals surface area contributed by atoms with E-state index in [1.54, 1.807) is 23.1 Å². The van der Waals surface area contributed by atoms with Crippen LogP contribution in [0.4, 0.5) is 0 Å². The van der Waals surface area contributed by atoms with E-state index < -0.39 is 0 Å². The predicted molar refractivity (Wildman–Crippen MR) is 123 cm³/mol. The molecule has 1 aliphatic carbocycles. The van der Waals surface area contributed by atoms with Crippen LogP contribution >= 0.6 is 58.7 Å². The van der Waals surface area contributed by atoms with Crippen molar-refractivity contribution in [3.63, 3.8) is 0 Å². The number of nitrogens with zero attached hydrogens (tertiary/aromatic N) is 3. The maximum atomic E-state index is 6.68. The van der Waals surface area contributed by atoms with Crippen molar-refractivity contribution in [2.45, 2.75) is 48.9 Å². The Labute approximate surface area is 190 Å². The van der Waals surface area contributed by atoms with Gasteiger partial charge in [-0.2, -0.15) is 0 Å². The highest BCUT2D eigenvalue weighted by atomic mass is 35.5. The lowest BCUT2D eigenvalue weighted by Gasteiger charge is -2.27. The van der Waals surface area contributed by atoms with Gasteiger partial charge in [-0.3, -0.25) is 0 Å². The van der Waals surface area contributed by atoms with E-state index in [0.717, 1.165) is 50.7 Å². The van der Waals surface area contributed by atoms with Gasteiger partial charge in [-0.25, -0.2) is 0 Å². The summed E-state index contributed by atoms with van der Waals surface area (Å²) in [5.74, 6) is 1.81. The van der Waals surface area contributed by atoms with Crippen LogP contribution in [0.15, 0.2) is 34.8 Å². The molecule has 28 heavy (non-hydrogen) atoms. The van der Waals surface area contributed by atoms with Crippen LogP contribution in [-0.2, 0) is 18.2 Å². The minimum absolute atomic E-state index is 0. The number of rotatable bonds is 5. The van der Waals surface area contributed by atoms with Crippen LogP contribution in [0.2, 0.25) is 10.0 Å². The van der Waals surface area contributed by atoms with Gasteiger partial charge in [-0.1, -0.05) is 66.0 Å². The van der Waals surface area contributed by atoms with Crippen LogP contribution in [0.5, 0.6) is 0 Å². The summed E-state index contributed by atoms with van der Waals surface area (Å²) in [5.41, 5.74) is 2.15. The molecule has 3 aromatic rings. The SMILES string of the molecule is Cc1csc(C2(c3nnc(SCc4ccccc4Cl)n3C)CCCC2)c1Cl.Cl. The fourth-order valence-electron chi connectivity index (χ4n) is 3.90. The van der Waals surface area contributed by atoms with Gasteiger partial charge in [0.25, 0.3) is 0 Å². The zero-order valence-corrected chi connectivity index (χ0v) is 19.7. The highest BCUT2D eigenvalue weighted by molar-refractivity contribution is 7.98. The summed E-state index contributed by atoms with van der Waals surface area (Å²) in [6.07, 6.45) is 4.55. The maximum absolute atomic E-state index is 6.68. The lowest BCUT2D eigenvalue weighted by molar-refractivity contribution is 0.484. The minimum Gasteiger partial charge on any atom is -0.308 e. The minimum atomic E-state index is -0.110. The first-order valence-electron chi connectivity index (χ1n) is 9.03. The molecule has 0 spiro atoms. The van der Waals surface area contributed by atoms with Gasteiger partial charge in [0, 0.05) is 22.7 Å². The number of thioether (sulfide) groups is 1. The van der Waals surface area contributed by atoms with E-state index in [2.05, 4.69) is 40.2 Å². The highest BCUT2D eigenvalue weighted by Crippen LogP contribution is 2.51. The average Bonchev–Trinajstić information content (AvgIpc) is 3.36. The van der Waals surface area contributed by atoms with Gasteiger partial charge in [0.15, 0.2) is 5.16 Å². The number of thiophene rings is 1. The number of benzene rings is 1. The Kier molecular flexibility index (Phi) is 7.04. The lowest BCUT2D eigenvalue weighted by atomic mass is 9.83. The standard InChI is InChI=1S/C20H21Cl2N3S2.ClH/c1-13-11-26-17(16(13)22)20(9-5-6-10-20)18-23-24-19(25(18)2)27-12-14-7-3-4-8-15(14)21;/h3-4,7-8,11H,5-6,9-10,12H2,1-2H3;1H. The molecule has 0 unspecified atom stereocenters. The Morgan fingerprint density at radius 3 is 2.54 bits per heavy atom. The Bertz CT molecular complexity index is 962. The van der Waals surface area contributed by atoms with Crippen molar-refractivity contribution in [3.8, 4) is 0 Å². The van der Waals surface area contributed by atoms with E-state index in [0.29, 0.717) is 0 Å². The van der Waals surface area contributed by atoms with Crippen molar-refractivity contribution in [1.29, 1.82) is 0 Å². The van der Waals surface area contributed by atoms with Gasteiger partial charge >= 0.3 is 0 Å². The molecule has 0 N–H and O–H groups in total. The molecule has 0 saturated heterocycles. The molecule has 0 bridgehead atoms. The number of halogens is 3. The van der Waals surface area contributed by atoms with E-state index in [9.17, 15) is 0 Å². The molecular formula is C20H22Cl3N3S2. The quantitative estimate of drug-likeness (QED) is 0.371. The average molecular weight is 475 g/mol. The summed E-state index contributed by atoms with van der Waals surface area (Å²) in [7, 11) is 2.07. The molecule has 2 aromatic heterocycles. The predicted octanol–water partition coefficient (Wildman–Crippen LogP) is 7.07. The zero-order valence-electron chi connectivity index (χ0n) is 15.7. The third kappa shape index (κ3) is 3.84. The van der Waals surface area contributed by atoms with Crippen LogP contribution in [0.3, 0.4) is 0 Å². The third-order valence-electron chi connectivity index (χ3n) is 5.37. The second-order valence-electron chi connectivity index (χ2n) is 7.10. The van der Waals surface area contributed by atoms with E-state index >= 15 is 0 Å². The van der Waals surface area contributed by atoms with E-state index in [4.69, 9.17) is 23.2 Å². The van der Waals surface area contributed by atoms with Crippen LogP contribution in [0, 0.1) is 6.92 Å². The van der Waals surface area contributed by atoms with E-state index in [-0.39, 0.29) is 17.8 Å². The summed E-state index contributed by atoms with van der Waals surface area (Å²) in [5, 5.41) is 13.9. The summed E-state index contributed by atoms with van der Waals surface area (Å²) in [6.45, 7) is 2.08. The Hall–Kier alpha value is -0.720. The van der Waals surface area contributed by atoms with Gasteiger partial charge in [-0.05, 0) is 42.3 Å². The van der Waals surface area contributed by atoms with Gasteiger partial charge in [0.1, 0.15) is 5.82 Å².